The fourth-order valence-electron chi connectivity index (χ4n) is 2.82. The molecule has 0 aliphatic carbocycles. The minimum atomic E-state index is -0.958. The van der Waals surface area contributed by atoms with Gasteiger partial charge in [-0.1, -0.05) is 13.3 Å². The summed E-state index contributed by atoms with van der Waals surface area (Å²) in [6.07, 6.45) is 1.57. The van der Waals surface area contributed by atoms with Gasteiger partial charge in [-0.3, -0.25) is 9.59 Å². The zero-order chi connectivity index (χ0) is 20.7. The Bertz CT molecular complexity index is 797. The monoisotopic (exact) mass is 388 g/mol. The van der Waals surface area contributed by atoms with Crippen LogP contribution in [0.25, 0.3) is 0 Å². The lowest BCUT2D eigenvalue weighted by molar-refractivity contribution is -0.139. The van der Waals surface area contributed by atoms with Gasteiger partial charge in [-0.15, -0.1) is 0 Å². The first-order valence-electron chi connectivity index (χ1n) is 9.04. The van der Waals surface area contributed by atoms with E-state index >= 15 is 0 Å². The number of carbonyl (C=O) groups excluding carboxylic acids is 4. The summed E-state index contributed by atoms with van der Waals surface area (Å²) in [7, 11) is 1.21. The number of hydrogen-bond donors (Lipinski definition) is 2. The summed E-state index contributed by atoms with van der Waals surface area (Å²) in [6, 6.07) is 6.21. The second-order valence-corrected chi connectivity index (χ2v) is 6.39. The third kappa shape index (κ3) is 5.18. The predicted molar refractivity (Wildman–Crippen MR) is 101 cm³/mol. The normalized spacial score (nSPS) is 16.2. The fourth-order valence-corrected chi connectivity index (χ4v) is 2.82. The van der Waals surface area contributed by atoms with Gasteiger partial charge in [-0.25, -0.2) is 9.59 Å². The van der Waals surface area contributed by atoms with E-state index in [1.807, 2.05) is 6.92 Å². The molecule has 8 heteroatoms. The zero-order valence-corrected chi connectivity index (χ0v) is 16.2. The maximum absolute atomic E-state index is 12.7. The molecule has 150 valence electrons. The minimum absolute atomic E-state index is 0.121. The van der Waals surface area contributed by atoms with Crippen molar-refractivity contribution in [2.45, 2.75) is 33.1 Å². The van der Waals surface area contributed by atoms with Crippen LogP contribution in [0.15, 0.2) is 35.5 Å². The number of nitrogens with one attached hydrogen (secondary N) is 2. The summed E-state index contributed by atoms with van der Waals surface area (Å²) in [5, 5.41) is 5.21. The first-order chi connectivity index (χ1) is 13.4. The largest absolute Gasteiger partial charge is 0.466 e. The highest BCUT2D eigenvalue weighted by molar-refractivity contribution is 6.06. The van der Waals surface area contributed by atoms with Gasteiger partial charge < -0.3 is 20.1 Å². The van der Waals surface area contributed by atoms with E-state index in [-0.39, 0.29) is 17.9 Å². The standard InChI is InChI=1S/C20H24N2O6/c1-4-5-10-28-19(25)13-6-8-14(9-7-13)22-18(24)15-11-16(23)21-12(2)17(15)20(26)27-3/h6-9,15H,4-5,10-11H2,1-3H3,(H,21,23)(H,22,24)/t15-/m0/s1. The number of rotatable bonds is 7. The van der Waals surface area contributed by atoms with Crippen LogP contribution in [0.4, 0.5) is 5.69 Å². The molecule has 1 heterocycles. The van der Waals surface area contributed by atoms with E-state index in [1.165, 1.54) is 7.11 Å². The number of benzene rings is 1. The van der Waals surface area contributed by atoms with Gasteiger partial charge >= 0.3 is 11.9 Å². The van der Waals surface area contributed by atoms with Crippen LogP contribution in [-0.4, -0.2) is 37.5 Å². The summed E-state index contributed by atoms with van der Waals surface area (Å²) >= 11 is 0. The van der Waals surface area contributed by atoms with E-state index < -0.39 is 23.8 Å². The molecular weight excluding hydrogens is 364 g/mol. The average Bonchev–Trinajstić information content (AvgIpc) is 2.67. The summed E-state index contributed by atoms with van der Waals surface area (Å²) in [5.41, 5.74) is 1.23. The van der Waals surface area contributed by atoms with Crippen LogP contribution in [-0.2, 0) is 23.9 Å². The number of ether oxygens (including phenoxy) is 2. The van der Waals surface area contributed by atoms with Crippen molar-refractivity contribution in [1.29, 1.82) is 0 Å². The third-order valence-corrected chi connectivity index (χ3v) is 4.31. The van der Waals surface area contributed by atoms with Gasteiger partial charge in [0.2, 0.25) is 11.8 Å². The minimum Gasteiger partial charge on any atom is -0.466 e. The van der Waals surface area contributed by atoms with Crippen LogP contribution in [0.3, 0.4) is 0 Å². The van der Waals surface area contributed by atoms with Gasteiger partial charge in [0.25, 0.3) is 0 Å². The van der Waals surface area contributed by atoms with Crippen LogP contribution in [0.2, 0.25) is 0 Å². The molecule has 1 atom stereocenters. The molecule has 1 aromatic carbocycles. The van der Waals surface area contributed by atoms with E-state index in [4.69, 9.17) is 9.47 Å². The molecule has 2 rings (SSSR count). The smallest absolute Gasteiger partial charge is 0.338 e. The number of allylic oxidation sites excluding steroid dienone is 1. The Morgan fingerprint density at radius 3 is 2.46 bits per heavy atom. The Kier molecular flexibility index (Phi) is 7.31. The molecule has 1 aliphatic heterocycles. The lowest BCUT2D eigenvalue weighted by Crippen LogP contribution is -2.40. The number of hydrogen-bond acceptors (Lipinski definition) is 6. The molecule has 0 aromatic heterocycles. The lowest BCUT2D eigenvalue weighted by Gasteiger charge is -2.25. The Morgan fingerprint density at radius 1 is 1.18 bits per heavy atom. The van der Waals surface area contributed by atoms with Gasteiger partial charge in [0, 0.05) is 17.8 Å². The molecule has 0 saturated heterocycles. The predicted octanol–water partition coefficient (Wildman–Crippen LogP) is 2.17. The molecule has 8 nitrogen and oxygen atoms in total. The molecule has 28 heavy (non-hydrogen) atoms. The summed E-state index contributed by atoms with van der Waals surface area (Å²) < 4.78 is 9.86. The quantitative estimate of drug-likeness (QED) is 0.547. The van der Waals surface area contributed by atoms with Gasteiger partial charge in [-0.2, -0.15) is 0 Å². The lowest BCUT2D eigenvalue weighted by atomic mass is 9.89. The van der Waals surface area contributed by atoms with E-state index in [0.717, 1.165) is 12.8 Å². The molecule has 1 aromatic rings. The molecule has 0 spiro atoms. The van der Waals surface area contributed by atoms with Crippen LogP contribution in [0.5, 0.6) is 0 Å². The van der Waals surface area contributed by atoms with Crippen molar-refractivity contribution in [3.05, 3.63) is 41.1 Å². The highest BCUT2D eigenvalue weighted by Crippen LogP contribution is 2.25. The Balaban J connectivity index is 2.09. The second-order valence-electron chi connectivity index (χ2n) is 6.39. The van der Waals surface area contributed by atoms with Gasteiger partial charge in [0.05, 0.1) is 30.8 Å². The highest BCUT2D eigenvalue weighted by atomic mass is 16.5. The number of amides is 2. The van der Waals surface area contributed by atoms with Crippen LogP contribution < -0.4 is 10.6 Å². The number of carbonyl (C=O) groups is 4. The van der Waals surface area contributed by atoms with Crippen molar-refractivity contribution in [3.63, 3.8) is 0 Å². The number of anilines is 1. The summed E-state index contributed by atoms with van der Waals surface area (Å²) in [5.74, 6) is -2.91. The molecular formula is C20H24N2O6. The van der Waals surface area contributed by atoms with Gasteiger partial charge in [-0.05, 0) is 37.6 Å². The first-order valence-corrected chi connectivity index (χ1v) is 9.04. The number of unbranched alkanes of at least 4 members (excludes halogenated alkanes) is 1. The van der Waals surface area contributed by atoms with E-state index in [1.54, 1.807) is 31.2 Å². The molecule has 1 aliphatic rings. The summed E-state index contributed by atoms with van der Waals surface area (Å²) in [6.45, 7) is 3.91. The topological polar surface area (TPSA) is 111 Å². The maximum atomic E-state index is 12.7. The molecule has 2 amide bonds. The van der Waals surface area contributed by atoms with Crippen molar-refractivity contribution in [3.8, 4) is 0 Å². The Hall–Kier alpha value is -3.16. The average molecular weight is 388 g/mol. The van der Waals surface area contributed by atoms with Gasteiger partial charge in [0.15, 0.2) is 0 Å². The fraction of sp³-hybridized carbons (Fsp3) is 0.400. The molecule has 2 N–H and O–H groups in total. The molecule has 0 fully saturated rings. The zero-order valence-electron chi connectivity index (χ0n) is 16.2. The number of esters is 2. The summed E-state index contributed by atoms with van der Waals surface area (Å²) in [4.78, 5) is 48.4. The first kappa shape index (κ1) is 21.1. The van der Waals surface area contributed by atoms with Gasteiger partial charge in [0.1, 0.15) is 0 Å². The Labute approximate surface area is 163 Å². The van der Waals surface area contributed by atoms with Crippen molar-refractivity contribution in [2.75, 3.05) is 19.0 Å². The number of methoxy groups -OCH3 is 1. The molecule has 0 radical (unpaired) electrons. The third-order valence-electron chi connectivity index (χ3n) is 4.31. The molecule has 0 unspecified atom stereocenters. The van der Waals surface area contributed by atoms with Crippen molar-refractivity contribution < 1.29 is 28.7 Å². The van der Waals surface area contributed by atoms with Crippen LogP contribution >= 0.6 is 0 Å². The van der Waals surface area contributed by atoms with Crippen LogP contribution in [0, 0.1) is 5.92 Å². The van der Waals surface area contributed by atoms with Crippen LogP contribution in [0.1, 0.15) is 43.5 Å². The van der Waals surface area contributed by atoms with E-state index in [0.29, 0.717) is 23.6 Å². The highest BCUT2D eigenvalue weighted by Gasteiger charge is 2.36. The Morgan fingerprint density at radius 2 is 1.86 bits per heavy atom. The molecule has 0 saturated carbocycles. The second kappa shape index (κ2) is 9.68. The van der Waals surface area contributed by atoms with Crippen molar-refractivity contribution in [2.24, 2.45) is 5.92 Å². The van der Waals surface area contributed by atoms with E-state index in [2.05, 4.69) is 10.6 Å². The van der Waals surface area contributed by atoms with E-state index in [9.17, 15) is 19.2 Å². The van der Waals surface area contributed by atoms with Crippen molar-refractivity contribution >= 4 is 29.4 Å². The van der Waals surface area contributed by atoms with Crippen molar-refractivity contribution in [1.82, 2.24) is 5.32 Å². The molecule has 0 bridgehead atoms. The maximum Gasteiger partial charge on any atom is 0.338 e. The SMILES string of the molecule is CCCCOC(=O)c1ccc(NC(=O)[C@H]2CC(=O)NC(C)=C2C(=O)OC)cc1.